The molecule has 0 unspecified atom stereocenters. The molecule has 0 aliphatic carbocycles. The van der Waals surface area contributed by atoms with E-state index < -0.39 is 0 Å². The van der Waals surface area contributed by atoms with Gasteiger partial charge < -0.3 is 14.6 Å². The maximum absolute atomic E-state index is 13.0. The van der Waals surface area contributed by atoms with Crippen molar-refractivity contribution in [1.82, 2.24) is 10.2 Å². The van der Waals surface area contributed by atoms with Crippen LogP contribution in [0, 0.1) is 6.92 Å². The zero-order chi connectivity index (χ0) is 23.4. The van der Waals surface area contributed by atoms with Crippen LogP contribution < -0.4 is 5.32 Å². The molecule has 0 radical (unpaired) electrons. The highest BCUT2D eigenvalue weighted by atomic mass is 16.3. The Labute approximate surface area is 196 Å². The summed E-state index contributed by atoms with van der Waals surface area (Å²) in [6.07, 6.45) is 4.92. The van der Waals surface area contributed by atoms with E-state index in [1.165, 1.54) is 16.7 Å². The van der Waals surface area contributed by atoms with Crippen LogP contribution in [0.4, 0.5) is 0 Å². The summed E-state index contributed by atoms with van der Waals surface area (Å²) in [4.78, 5) is 27.2. The largest absolute Gasteiger partial charge is 0.464 e. The molecule has 0 saturated carbocycles. The van der Waals surface area contributed by atoms with Crippen LogP contribution in [0.3, 0.4) is 0 Å². The molecule has 33 heavy (non-hydrogen) atoms. The summed E-state index contributed by atoms with van der Waals surface area (Å²) in [7, 11) is 0. The van der Waals surface area contributed by atoms with Crippen LogP contribution in [0.1, 0.15) is 61.3 Å². The number of nitrogens with zero attached hydrogens (tertiary/aromatic N) is 1. The average Bonchev–Trinajstić information content (AvgIpc) is 3.19. The number of furan rings is 1. The van der Waals surface area contributed by atoms with Gasteiger partial charge in [0.15, 0.2) is 0 Å². The summed E-state index contributed by atoms with van der Waals surface area (Å²) >= 11 is 0. The van der Waals surface area contributed by atoms with Crippen LogP contribution in [0.15, 0.2) is 53.1 Å². The quantitative estimate of drug-likeness (QED) is 0.546. The minimum absolute atomic E-state index is 0.0877. The van der Waals surface area contributed by atoms with Gasteiger partial charge in [0, 0.05) is 36.5 Å². The number of benzene rings is 2. The number of nitrogens with one attached hydrogen (secondary N) is 1. The van der Waals surface area contributed by atoms with Gasteiger partial charge in [-0.05, 0) is 60.9 Å². The van der Waals surface area contributed by atoms with Crippen molar-refractivity contribution < 1.29 is 14.0 Å². The zero-order valence-corrected chi connectivity index (χ0v) is 19.9. The molecule has 174 valence electrons. The van der Waals surface area contributed by atoms with E-state index in [-0.39, 0.29) is 17.9 Å². The van der Waals surface area contributed by atoms with Crippen molar-refractivity contribution in [1.29, 1.82) is 0 Å². The first-order valence-corrected chi connectivity index (χ1v) is 12.0. The highest BCUT2D eigenvalue weighted by molar-refractivity contribution is 5.88. The van der Waals surface area contributed by atoms with Gasteiger partial charge in [-0.15, -0.1) is 0 Å². The molecule has 3 aromatic rings. The van der Waals surface area contributed by atoms with Crippen molar-refractivity contribution >= 4 is 22.8 Å². The van der Waals surface area contributed by atoms with Gasteiger partial charge in [0.25, 0.3) is 0 Å². The topological polar surface area (TPSA) is 62.6 Å². The number of likely N-dealkylation sites (tertiary alicyclic amines) is 1. The molecule has 0 spiro atoms. The second-order valence-electron chi connectivity index (χ2n) is 9.51. The molecule has 1 saturated heterocycles. The lowest BCUT2D eigenvalue weighted by Gasteiger charge is -2.32. The molecule has 5 heteroatoms. The Bertz CT molecular complexity index is 1110. The van der Waals surface area contributed by atoms with Crippen molar-refractivity contribution in [3.05, 3.63) is 71.0 Å². The lowest BCUT2D eigenvalue weighted by Crippen LogP contribution is -2.47. The van der Waals surface area contributed by atoms with Gasteiger partial charge in [0.1, 0.15) is 5.58 Å². The average molecular weight is 447 g/mol. The number of amides is 2. The number of fused-ring (bicyclic) bond motifs is 1. The van der Waals surface area contributed by atoms with Gasteiger partial charge in [-0.2, -0.15) is 0 Å². The molecule has 1 aromatic heterocycles. The van der Waals surface area contributed by atoms with Crippen molar-refractivity contribution in [2.24, 2.45) is 0 Å². The van der Waals surface area contributed by atoms with E-state index in [2.05, 4.69) is 38.2 Å². The number of carbonyl (C=O) groups excluding carboxylic acids is 2. The summed E-state index contributed by atoms with van der Waals surface area (Å²) < 4.78 is 5.75. The molecule has 1 fully saturated rings. The minimum Gasteiger partial charge on any atom is -0.464 e. The van der Waals surface area contributed by atoms with Crippen molar-refractivity contribution in [2.45, 2.75) is 64.8 Å². The van der Waals surface area contributed by atoms with Gasteiger partial charge in [-0.3, -0.25) is 9.59 Å². The third kappa shape index (κ3) is 5.65. The number of aryl methyl sites for hydroxylation is 2. The van der Waals surface area contributed by atoms with E-state index in [9.17, 15) is 9.59 Å². The number of piperidine rings is 1. The van der Waals surface area contributed by atoms with E-state index in [1.807, 2.05) is 35.2 Å². The summed E-state index contributed by atoms with van der Waals surface area (Å²) in [6, 6.07) is 14.5. The predicted octanol–water partition coefficient (Wildman–Crippen LogP) is 5.15. The Balaban J connectivity index is 1.28. The zero-order valence-electron chi connectivity index (χ0n) is 19.9. The van der Waals surface area contributed by atoms with Gasteiger partial charge >= 0.3 is 0 Å². The van der Waals surface area contributed by atoms with Crippen LogP contribution in [0.5, 0.6) is 0 Å². The molecule has 0 bridgehead atoms. The summed E-state index contributed by atoms with van der Waals surface area (Å²) in [6.45, 7) is 7.82. The van der Waals surface area contributed by atoms with E-state index in [1.54, 1.807) is 6.26 Å². The first kappa shape index (κ1) is 23.1. The number of carbonyl (C=O) groups is 2. The lowest BCUT2D eigenvalue weighted by atomic mass is 9.95. The SMILES string of the molecule is Cc1cc2occ(CC(=O)N3CCC(NC(=O)CCc4ccccc4)CC3)c2cc1C(C)C. The molecule has 4 rings (SSSR count). The monoisotopic (exact) mass is 446 g/mol. The Hall–Kier alpha value is -3.08. The Morgan fingerprint density at radius 1 is 1.12 bits per heavy atom. The maximum atomic E-state index is 13.0. The predicted molar refractivity (Wildman–Crippen MR) is 131 cm³/mol. The summed E-state index contributed by atoms with van der Waals surface area (Å²) in [5, 5.41) is 4.19. The molecule has 0 atom stereocenters. The first-order chi connectivity index (χ1) is 15.9. The molecule has 1 N–H and O–H groups in total. The fraction of sp³-hybridized carbons (Fsp3) is 0.429. The van der Waals surface area contributed by atoms with Gasteiger partial charge in [0.2, 0.25) is 11.8 Å². The second-order valence-corrected chi connectivity index (χ2v) is 9.51. The summed E-state index contributed by atoms with van der Waals surface area (Å²) in [5.41, 5.74) is 5.49. The smallest absolute Gasteiger partial charge is 0.227 e. The van der Waals surface area contributed by atoms with Crippen LogP contribution >= 0.6 is 0 Å². The molecule has 2 amide bonds. The summed E-state index contributed by atoms with van der Waals surface area (Å²) in [5.74, 6) is 0.637. The minimum atomic E-state index is 0.0877. The molecule has 1 aliphatic rings. The van der Waals surface area contributed by atoms with Crippen LogP contribution in [-0.2, 0) is 22.4 Å². The normalized spacial score (nSPS) is 14.7. The van der Waals surface area contributed by atoms with Gasteiger partial charge in [0.05, 0.1) is 12.7 Å². The molecular formula is C28H34N2O3. The fourth-order valence-corrected chi connectivity index (χ4v) is 4.75. The molecule has 1 aliphatic heterocycles. The van der Waals surface area contributed by atoms with Crippen molar-refractivity contribution in [3.8, 4) is 0 Å². The van der Waals surface area contributed by atoms with Gasteiger partial charge in [-0.1, -0.05) is 44.2 Å². The van der Waals surface area contributed by atoms with Gasteiger partial charge in [-0.25, -0.2) is 0 Å². The number of hydrogen-bond acceptors (Lipinski definition) is 3. The standard InChI is InChI=1S/C28H34N2O3/c1-19(2)24-17-25-22(18-33-26(25)15-20(24)3)16-28(32)30-13-11-23(12-14-30)29-27(31)10-9-21-7-5-4-6-8-21/h4-8,15,17-19,23H,9-14,16H2,1-3H3,(H,29,31). The molecular weight excluding hydrogens is 412 g/mol. The molecule has 5 nitrogen and oxygen atoms in total. The third-order valence-corrected chi connectivity index (χ3v) is 6.70. The number of rotatable bonds is 7. The highest BCUT2D eigenvalue weighted by Gasteiger charge is 2.25. The van der Waals surface area contributed by atoms with Crippen molar-refractivity contribution in [2.75, 3.05) is 13.1 Å². The Morgan fingerprint density at radius 2 is 1.85 bits per heavy atom. The molecule has 2 heterocycles. The maximum Gasteiger partial charge on any atom is 0.227 e. The highest BCUT2D eigenvalue weighted by Crippen LogP contribution is 2.29. The van der Waals surface area contributed by atoms with Crippen LogP contribution in [0.2, 0.25) is 0 Å². The van der Waals surface area contributed by atoms with E-state index >= 15 is 0 Å². The lowest BCUT2D eigenvalue weighted by molar-refractivity contribution is -0.131. The Morgan fingerprint density at radius 3 is 2.55 bits per heavy atom. The van der Waals surface area contributed by atoms with Crippen LogP contribution in [0.25, 0.3) is 11.0 Å². The van der Waals surface area contributed by atoms with E-state index in [0.717, 1.165) is 35.8 Å². The number of hydrogen-bond donors (Lipinski definition) is 1. The van der Waals surface area contributed by atoms with E-state index in [0.29, 0.717) is 31.8 Å². The Kier molecular flexibility index (Phi) is 7.17. The first-order valence-electron chi connectivity index (χ1n) is 12.0. The fourth-order valence-electron chi connectivity index (χ4n) is 4.75. The third-order valence-electron chi connectivity index (χ3n) is 6.70. The van der Waals surface area contributed by atoms with E-state index in [4.69, 9.17) is 4.42 Å². The second kappa shape index (κ2) is 10.2. The molecule has 2 aromatic carbocycles. The van der Waals surface area contributed by atoms with Crippen molar-refractivity contribution in [3.63, 3.8) is 0 Å². The van der Waals surface area contributed by atoms with Crippen LogP contribution in [-0.4, -0.2) is 35.8 Å².